The molecule has 0 aliphatic carbocycles. The zero-order valence-corrected chi connectivity index (χ0v) is 14.0. The fourth-order valence-corrected chi connectivity index (χ4v) is 1.60. The van der Waals surface area contributed by atoms with Crippen molar-refractivity contribution < 1.29 is 41.1 Å². The maximum Gasteiger partial charge on any atom is 0.248 e. The van der Waals surface area contributed by atoms with Gasteiger partial charge in [-0.15, -0.1) is 0 Å². The molecule has 0 fully saturated rings. The van der Waals surface area contributed by atoms with E-state index in [0.717, 1.165) is 6.26 Å². The molecular weight excluding hydrogens is 329 g/mol. The minimum Gasteiger partial charge on any atom is -0.577 e. The second-order valence-corrected chi connectivity index (χ2v) is 5.39. The number of nitrogens with zero attached hydrogens (tertiary/aromatic N) is 3. The number of rotatable bonds is 4. The van der Waals surface area contributed by atoms with Crippen LogP contribution < -0.4 is 5.32 Å². The van der Waals surface area contributed by atoms with E-state index < -0.39 is 9.84 Å². The molecule has 1 radical (unpaired) electrons. The molecule has 0 aromatic carbocycles. The van der Waals surface area contributed by atoms with Gasteiger partial charge < -0.3 is 16.9 Å². The van der Waals surface area contributed by atoms with Gasteiger partial charge in [-0.2, -0.15) is 6.72 Å². The average molecular weight is 341 g/mol. The second kappa shape index (κ2) is 6.49. The number of hydrogen-bond donors (Lipinski definition) is 1. The predicted molar refractivity (Wildman–Crippen MR) is 64.5 cm³/mol. The van der Waals surface area contributed by atoms with Crippen molar-refractivity contribution in [2.75, 3.05) is 11.6 Å². The standard InChI is InChI=1S/C10H12N4O2S.Y/c1-6-7(2)12-10(17(5,15)16)14-9(6)13-8(3)11-4;/h3-4H,1-2,5H3,(H,12,13,14);/q-2;. The fourth-order valence-electron chi connectivity index (χ4n) is 1.04. The van der Waals surface area contributed by atoms with Crippen molar-refractivity contribution in [1.82, 2.24) is 9.97 Å². The molecule has 95 valence electrons. The van der Waals surface area contributed by atoms with Crippen LogP contribution >= 0.6 is 0 Å². The Kier molecular flexibility index (Phi) is 6.26. The van der Waals surface area contributed by atoms with Crippen molar-refractivity contribution in [3.05, 3.63) is 23.7 Å². The summed E-state index contributed by atoms with van der Waals surface area (Å²) in [4.78, 5) is 11.0. The molecule has 0 atom stereocenters. The second-order valence-electron chi connectivity index (χ2n) is 3.48. The van der Waals surface area contributed by atoms with Crippen molar-refractivity contribution in [3.63, 3.8) is 0 Å². The third-order valence-corrected chi connectivity index (χ3v) is 2.93. The molecule has 0 aliphatic heterocycles. The summed E-state index contributed by atoms with van der Waals surface area (Å²) >= 11 is 0. The zero-order valence-electron chi connectivity index (χ0n) is 10.3. The summed E-state index contributed by atoms with van der Waals surface area (Å²) < 4.78 is 22.7. The third-order valence-electron chi connectivity index (χ3n) is 2.09. The van der Waals surface area contributed by atoms with Crippen molar-refractivity contribution in [2.24, 2.45) is 4.99 Å². The van der Waals surface area contributed by atoms with Gasteiger partial charge in [0, 0.05) is 50.2 Å². The van der Waals surface area contributed by atoms with Crippen LogP contribution in [-0.4, -0.2) is 31.4 Å². The first kappa shape index (κ1) is 17.3. The van der Waals surface area contributed by atoms with Gasteiger partial charge in [-0.3, -0.25) is 0 Å². The van der Waals surface area contributed by atoms with Gasteiger partial charge in [0.25, 0.3) is 0 Å². The molecular formula is C10H12N4O2SY-2. The Bertz CT molecular complexity index is 584. The minimum atomic E-state index is -3.48. The van der Waals surface area contributed by atoms with E-state index in [9.17, 15) is 8.42 Å². The summed E-state index contributed by atoms with van der Waals surface area (Å²) in [7, 11) is -3.48. The molecule has 0 unspecified atom stereocenters. The van der Waals surface area contributed by atoms with Gasteiger partial charge in [0.2, 0.25) is 15.0 Å². The SMILES string of the molecule is [CH-]=NC(=[CH-])Nc1nc(S(C)(=O)=O)nc(C)c1C.[Y]. The van der Waals surface area contributed by atoms with Crippen molar-refractivity contribution >= 4 is 22.4 Å². The molecule has 1 N–H and O–H groups in total. The van der Waals surface area contributed by atoms with E-state index in [1.807, 2.05) is 0 Å². The van der Waals surface area contributed by atoms with Crippen LogP contribution in [0, 0.1) is 20.4 Å². The van der Waals surface area contributed by atoms with Crippen LogP contribution in [0.25, 0.3) is 0 Å². The molecule has 8 heteroatoms. The Balaban J connectivity index is 0.00000289. The van der Waals surface area contributed by atoms with Gasteiger partial charge in [-0.05, 0) is 13.8 Å². The Morgan fingerprint density at radius 3 is 2.33 bits per heavy atom. The van der Waals surface area contributed by atoms with Crippen LogP contribution in [0.15, 0.2) is 16.0 Å². The Morgan fingerprint density at radius 2 is 1.89 bits per heavy atom. The number of anilines is 1. The summed E-state index contributed by atoms with van der Waals surface area (Å²) in [5.41, 5.74) is 1.21. The number of hydrogen-bond acceptors (Lipinski definition) is 6. The van der Waals surface area contributed by atoms with E-state index in [4.69, 9.17) is 13.3 Å². The van der Waals surface area contributed by atoms with Crippen LogP contribution in [0.2, 0.25) is 0 Å². The maximum atomic E-state index is 11.4. The molecule has 0 amide bonds. The molecule has 0 bridgehead atoms. The summed E-state index contributed by atoms with van der Waals surface area (Å²) in [5, 5.41) is 2.33. The number of aryl methyl sites for hydroxylation is 1. The van der Waals surface area contributed by atoms with Gasteiger partial charge in [0.1, 0.15) is 5.82 Å². The van der Waals surface area contributed by atoms with E-state index >= 15 is 0 Å². The first-order chi connectivity index (χ1) is 7.75. The van der Waals surface area contributed by atoms with E-state index in [2.05, 4.69) is 20.3 Å². The summed E-state index contributed by atoms with van der Waals surface area (Å²) in [5.74, 6) is 0.204. The van der Waals surface area contributed by atoms with Crippen LogP contribution in [0.3, 0.4) is 0 Å². The largest absolute Gasteiger partial charge is 0.577 e. The molecule has 0 saturated carbocycles. The number of aromatic nitrogens is 2. The van der Waals surface area contributed by atoms with Crippen molar-refractivity contribution in [2.45, 2.75) is 19.0 Å². The van der Waals surface area contributed by atoms with E-state index in [1.165, 1.54) is 0 Å². The van der Waals surface area contributed by atoms with Crippen LogP contribution in [-0.2, 0) is 42.5 Å². The van der Waals surface area contributed by atoms with Gasteiger partial charge in [0.15, 0.2) is 0 Å². The molecule has 1 rings (SSSR count). The molecule has 1 heterocycles. The van der Waals surface area contributed by atoms with Gasteiger partial charge in [-0.1, -0.05) is 0 Å². The van der Waals surface area contributed by atoms with Crippen LogP contribution in [0.1, 0.15) is 11.3 Å². The normalized spacial score (nSPS) is 10.4. The van der Waals surface area contributed by atoms with Crippen LogP contribution in [0.4, 0.5) is 5.82 Å². The molecule has 0 saturated heterocycles. The van der Waals surface area contributed by atoms with Crippen LogP contribution in [0.5, 0.6) is 0 Å². The third kappa shape index (κ3) is 4.22. The number of aliphatic imine (C=N–C) groups is 1. The van der Waals surface area contributed by atoms with Crippen molar-refractivity contribution in [1.29, 1.82) is 0 Å². The number of nitrogens with one attached hydrogen (secondary N) is 1. The minimum absolute atomic E-state index is 0. The van der Waals surface area contributed by atoms with E-state index in [-0.39, 0.29) is 49.5 Å². The predicted octanol–water partition coefficient (Wildman–Crippen LogP) is 0.758. The fraction of sp³-hybridized carbons (Fsp3) is 0.300. The first-order valence-electron chi connectivity index (χ1n) is 4.61. The van der Waals surface area contributed by atoms with Gasteiger partial charge in [-0.25, -0.2) is 24.2 Å². The summed E-state index contributed by atoms with van der Waals surface area (Å²) in [6.45, 7) is 13.8. The topological polar surface area (TPSA) is 84.3 Å². The molecule has 1 aromatic heterocycles. The monoisotopic (exact) mass is 341 g/mol. The smallest absolute Gasteiger partial charge is 0.248 e. The maximum absolute atomic E-state index is 11.4. The molecule has 0 spiro atoms. The Morgan fingerprint density at radius 1 is 1.33 bits per heavy atom. The van der Waals surface area contributed by atoms with Crippen molar-refractivity contribution in [3.8, 4) is 0 Å². The quantitative estimate of drug-likeness (QED) is 0.497. The Labute approximate surface area is 132 Å². The molecule has 6 nitrogen and oxygen atoms in total. The van der Waals surface area contributed by atoms with E-state index in [1.54, 1.807) is 13.8 Å². The Hall–Kier alpha value is -0.656. The zero-order chi connectivity index (χ0) is 13.2. The number of sulfone groups is 1. The first-order valence-corrected chi connectivity index (χ1v) is 6.50. The molecule has 1 aromatic rings. The molecule has 18 heavy (non-hydrogen) atoms. The van der Waals surface area contributed by atoms with Gasteiger partial charge in [0.05, 0.1) is 0 Å². The summed E-state index contributed by atoms with van der Waals surface area (Å²) in [6.07, 6.45) is 1.03. The average Bonchev–Trinajstić information content (AvgIpc) is 2.22. The molecule has 0 aliphatic rings. The van der Waals surface area contributed by atoms with Gasteiger partial charge >= 0.3 is 0 Å². The van der Waals surface area contributed by atoms with E-state index in [0.29, 0.717) is 11.3 Å². The summed E-state index contributed by atoms with van der Waals surface area (Å²) in [6, 6.07) is 0.